The Hall–Kier alpha value is -5.32. The summed E-state index contributed by atoms with van der Waals surface area (Å²) < 4.78 is 12.4. The highest BCUT2D eigenvalue weighted by Crippen LogP contribution is 2.28. The number of benzene rings is 3. The minimum atomic E-state index is -1.23. The Bertz CT molecular complexity index is 1740. The van der Waals surface area contributed by atoms with E-state index < -0.39 is 22.6 Å². The average molecular weight is 498 g/mol. The molecule has 0 radical (unpaired) electrons. The topological polar surface area (TPSA) is 150 Å². The average Bonchev–Trinajstić information content (AvgIpc) is 3.32. The Labute approximate surface area is 208 Å². The number of aliphatic carboxylic acids is 1. The molecular formula is C26H18N4O7. The predicted octanol–water partition coefficient (Wildman–Crippen LogP) is 4.45. The zero-order valence-electron chi connectivity index (χ0n) is 19.3. The molecule has 0 aliphatic rings. The smallest absolute Gasteiger partial charge is 0.344 e. The van der Waals surface area contributed by atoms with Crippen LogP contribution in [0.4, 0.5) is 5.69 Å². The summed E-state index contributed by atoms with van der Waals surface area (Å²) in [6.07, 6.45) is -0.0502. The van der Waals surface area contributed by atoms with E-state index >= 15 is 0 Å². The molecule has 37 heavy (non-hydrogen) atoms. The summed E-state index contributed by atoms with van der Waals surface area (Å²) in [5.74, 6) is -0.779. The second kappa shape index (κ2) is 9.38. The van der Waals surface area contributed by atoms with E-state index in [0.717, 1.165) is 10.1 Å². The van der Waals surface area contributed by atoms with Gasteiger partial charge in [0.05, 0.1) is 22.0 Å². The normalized spacial score (nSPS) is 12.2. The number of nitro benzene ring substituents is 1. The molecule has 5 aromatic rings. The fraction of sp³-hybridized carbons (Fsp3) is 0.0769. The van der Waals surface area contributed by atoms with Gasteiger partial charge < -0.3 is 14.3 Å². The number of hydrogen-bond acceptors (Lipinski definition) is 8. The van der Waals surface area contributed by atoms with Gasteiger partial charge in [-0.15, -0.1) is 0 Å². The third-order valence-corrected chi connectivity index (χ3v) is 5.57. The molecule has 0 amide bonds. The molecule has 1 atom stereocenters. The van der Waals surface area contributed by atoms with Crippen molar-refractivity contribution in [2.24, 2.45) is 5.10 Å². The van der Waals surface area contributed by atoms with E-state index in [9.17, 15) is 24.8 Å². The van der Waals surface area contributed by atoms with Gasteiger partial charge in [-0.05, 0) is 37.3 Å². The van der Waals surface area contributed by atoms with Crippen molar-refractivity contribution in [3.63, 3.8) is 0 Å². The van der Waals surface area contributed by atoms with Crippen LogP contribution in [0.1, 0.15) is 12.5 Å². The van der Waals surface area contributed by atoms with Crippen LogP contribution >= 0.6 is 0 Å². The largest absolute Gasteiger partial charge is 0.479 e. The molecule has 3 aromatic carbocycles. The van der Waals surface area contributed by atoms with Crippen LogP contribution in [0, 0.1) is 10.1 Å². The molecule has 0 unspecified atom stereocenters. The first-order chi connectivity index (χ1) is 17.8. The number of para-hydroxylation sites is 2. The van der Waals surface area contributed by atoms with E-state index in [1.165, 1.54) is 31.3 Å². The maximum absolute atomic E-state index is 13.4. The monoisotopic (exact) mass is 498 g/mol. The van der Waals surface area contributed by atoms with Crippen LogP contribution < -0.4 is 10.3 Å². The summed E-state index contributed by atoms with van der Waals surface area (Å²) in [5, 5.41) is 25.9. The second-order valence-corrected chi connectivity index (χ2v) is 8.04. The molecule has 0 bridgehead atoms. The summed E-state index contributed by atoms with van der Waals surface area (Å²) in [6.45, 7) is 1.32. The highest BCUT2D eigenvalue weighted by molar-refractivity contribution is 5.87. The quantitative estimate of drug-likeness (QED) is 0.196. The van der Waals surface area contributed by atoms with Crippen LogP contribution in [0.2, 0.25) is 0 Å². The van der Waals surface area contributed by atoms with Gasteiger partial charge in [0, 0.05) is 23.1 Å². The molecule has 184 valence electrons. The summed E-state index contributed by atoms with van der Waals surface area (Å²) in [6, 6.07) is 19.4. The van der Waals surface area contributed by atoms with E-state index in [0.29, 0.717) is 16.5 Å². The molecule has 2 aromatic heterocycles. The van der Waals surface area contributed by atoms with Crippen molar-refractivity contribution in [1.82, 2.24) is 9.66 Å². The van der Waals surface area contributed by atoms with E-state index in [1.54, 1.807) is 36.4 Å². The highest BCUT2D eigenvalue weighted by Gasteiger charge is 2.19. The molecule has 0 saturated carbocycles. The van der Waals surface area contributed by atoms with Gasteiger partial charge in [0.25, 0.3) is 11.2 Å². The first-order valence-corrected chi connectivity index (χ1v) is 11.0. The number of carboxylic acids is 1. The number of aromatic nitrogens is 2. The van der Waals surface area contributed by atoms with Gasteiger partial charge >= 0.3 is 5.97 Å². The lowest BCUT2D eigenvalue weighted by Crippen LogP contribution is -2.23. The van der Waals surface area contributed by atoms with Gasteiger partial charge in [0.15, 0.2) is 11.9 Å². The molecule has 2 heterocycles. The molecule has 0 fully saturated rings. The molecule has 1 N–H and O–H groups in total. The number of nitrogens with zero attached hydrogens (tertiary/aromatic N) is 4. The standard InChI is InChI=1S/C26H18N4O7/c1-15(26(32)33)36-22-11-10-18(30(34)35)12-17(22)14-27-29-24(23-13-16-6-2-5-9-21(16)37-23)28-20-8-4-3-7-19(20)25(29)31/h2-15H,1H3,(H,32,33)/t15-/m1/s1. The van der Waals surface area contributed by atoms with Crippen molar-refractivity contribution in [3.8, 4) is 17.3 Å². The van der Waals surface area contributed by atoms with Crippen molar-refractivity contribution in [2.75, 3.05) is 0 Å². The number of rotatable bonds is 7. The van der Waals surface area contributed by atoms with Crippen LogP contribution in [-0.2, 0) is 4.79 Å². The Kier molecular flexibility index (Phi) is 5.94. The zero-order valence-corrected chi connectivity index (χ0v) is 19.3. The lowest BCUT2D eigenvalue weighted by molar-refractivity contribution is -0.384. The lowest BCUT2D eigenvalue weighted by atomic mass is 10.2. The molecule has 0 saturated heterocycles. The van der Waals surface area contributed by atoms with Crippen LogP contribution in [0.15, 0.2) is 87.1 Å². The number of carbonyl (C=O) groups is 1. The Morgan fingerprint density at radius 3 is 2.68 bits per heavy atom. The minimum absolute atomic E-state index is 0.0383. The van der Waals surface area contributed by atoms with Crippen LogP contribution in [0.5, 0.6) is 5.75 Å². The van der Waals surface area contributed by atoms with E-state index in [4.69, 9.17) is 9.15 Å². The van der Waals surface area contributed by atoms with Crippen molar-refractivity contribution in [2.45, 2.75) is 13.0 Å². The Morgan fingerprint density at radius 2 is 1.92 bits per heavy atom. The molecule has 0 spiro atoms. The second-order valence-electron chi connectivity index (χ2n) is 8.04. The first kappa shape index (κ1) is 23.4. The van der Waals surface area contributed by atoms with Crippen molar-refractivity contribution in [3.05, 3.63) is 98.8 Å². The molecular weight excluding hydrogens is 480 g/mol. The van der Waals surface area contributed by atoms with Crippen molar-refractivity contribution in [1.29, 1.82) is 0 Å². The van der Waals surface area contributed by atoms with Gasteiger partial charge in [-0.1, -0.05) is 30.3 Å². The molecule has 5 rings (SSSR count). The third-order valence-electron chi connectivity index (χ3n) is 5.57. The number of fused-ring (bicyclic) bond motifs is 2. The number of nitro groups is 1. The fourth-order valence-electron chi connectivity index (χ4n) is 3.70. The van der Waals surface area contributed by atoms with Crippen LogP contribution in [-0.4, -0.2) is 38.0 Å². The van der Waals surface area contributed by atoms with Crippen molar-refractivity contribution >= 4 is 39.7 Å². The molecule has 0 aliphatic carbocycles. The van der Waals surface area contributed by atoms with Crippen molar-refractivity contribution < 1.29 is 24.0 Å². The molecule has 11 nitrogen and oxygen atoms in total. The van der Waals surface area contributed by atoms with Gasteiger partial charge in [-0.25, -0.2) is 9.78 Å². The Morgan fingerprint density at radius 1 is 1.16 bits per heavy atom. The SMILES string of the molecule is C[C@@H](Oc1ccc([N+](=O)[O-])cc1C=Nn1c(-c2cc3ccccc3o2)nc2ccccc2c1=O)C(=O)O. The molecule has 0 aliphatic heterocycles. The summed E-state index contributed by atoms with van der Waals surface area (Å²) >= 11 is 0. The number of non-ortho nitro benzene ring substituents is 1. The zero-order chi connectivity index (χ0) is 26.1. The maximum Gasteiger partial charge on any atom is 0.344 e. The maximum atomic E-state index is 13.4. The summed E-state index contributed by atoms with van der Waals surface area (Å²) in [4.78, 5) is 40.0. The minimum Gasteiger partial charge on any atom is -0.479 e. The fourth-order valence-corrected chi connectivity index (χ4v) is 3.70. The van der Waals surface area contributed by atoms with E-state index in [1.807, 2.05) is 18.2 Å². The van der Waals surface area contributed by atoms with Crippen LogP contribution in [0.3, 0.4) is 0 Å². The van der Waals surface area contributed by atoms with E-state index in [-0.39, 0.29) is 28.6 Å². The van der Waals surface area contributed by atoms with Gasteiger partial charge in [-0.2, -0.15) is 9.78 Å². The molecule has 11 heteroatoms. The summed E-state index contributed by atoms with van der Waals surface area (Å²) in [7, 11) is 0. The highest BCUT2D eigenvalue weighted by atomic mass is 16.6. The Balaban J connectivity index is 1.69. The number of furan rings is 1. The van der Waals surface area contributed by atoms with Gasteiger partial charge in [-0.3, -0.25) is 14.9 Å². The third kappa shape index (κ3) is 4.52. The van der Waals surface area contributed by atoms with Crippen LogP contribution in [0.25, 0.3) is 33.5 Å². The number of carboxylic acid groups (broad SMARTS) is 1. The first-order valence-electron chi connectivity index (χ1n) is 11.0. The number of ether oxygens (including phenoxy) is 1. The lowest BCUT2D eigenvalue weighted by Gasteiger charge is -2.12. The van der Waals surface area contributed by atoms with Gasteiger partial charge in [0.2, 0.25) is 5.82 Å². The van der Waals surface area contributed by atoms with E-state index in [2.05, 4.69) is 10.1 Å². The number of hydrogen-bond donors (Lipinski definition) is 1. The summed E-state index contributed by atoms with van der Waals surface area (Å²) in [5.41, 5.74) is 0.358. The van der Waals surface area contributed by atoms with Gasteiger partial charge in [0.1, 0.15) is 11.3 Å². The predicted molar refractivity (Wildman–Crippen MR) is 135 cm³/mol.